The molecule has 0 fully saturated rings. The summed E-state index contributed by atoms with van der Waals surface area (Å²) in [5.41, 5.74) is 1.81. The Labute approximate surface area is 80.4 Å². The third-order valence-electron chi connectivity index (χ3n) is 2.91. The van der Waals surface area contributed by atoms with Gasteiger partial charge in [-0.1, -0.05) is 66.0 Å². The molecule has 0 saturated heterocycles. The lowest BCUT2D eigenvalue weighted by Gasteiger charge is -2.37. The van der Waals surface area contributed by atoms with Crippen LogP contribution in [0, 0.1) is 0 Å². The molecular weight excluding hydrogens is 160 g/mol. The molecule has 0 amide bonds. The highest BCUT2D eigenvalue weighted by Gasteiger charge is 2.34. The molecule has 12 heavy (non-hydrogen) atoms. The lowest BCUT2D eigenvalue weighted by Crippen LogP contribution is -2.33. The molecule has 73 valence electrons. The van der Waals surface area contributed by atoms with Crippen molar-refractivity contribution in [2.75, 3.05) is 0 Å². The van der Waals surface area contributed by atoms with E-state index in [0.717, 1.165) is 11.1 Å². The molecule has 0 saturated carbocycles. The Morgan fingerprint density at radius 3 is 1.42 bits per heavy atom. The van der Waals surface area contributed by atoms with Crippen molar-refractivity contribution in [2.24, 2.45) is 0 Å². The molecule has 0 heterocycles. The Morgan fingerprint density at radius 1 is 1.00 bits per heavy atom. The summed E-state index contributed by atoms with van der Waals surface area (Å²) in [5, 5.41) is 0.604. The summed E-state index contributed by atoms with van der Waals surface area (Å²) >= 11 is 0. The van der Waals surface area contributed by atoms with Crippen LogP contribution in [-0.2, 0) is 0 Å². The maximum Gasteiger partial charge on any atom is 0.0594 e. The third kappa shape index (κ3) is 2.93. The van der Waals surface area contributed by atoms with Crippen LogP contribution in [0.15, 0.2) is 0 Å². The Kier molecular flexibility index (Phi) is 4.53. The first-order valence-electron chi connectivity index (χ1n) is 5.20. The maximum absolute atomic E-state index is 2.45. The summed E-state index contributed by atoms with van der Waals surface area (Å²) in [6.07, 6.45) is 1.33. The fourth-order valence-corrected chi connectivity index (χ4v) is 7.30. The van der Waals surface area contributed by atoms with Crippen LogP contribution >= 0.6 is 0 Å². The van der Waals surface area contributed by atoms with Gasteiger partial charge in [-0.2, -0.15) is 0 Å². The van der Waals surface area contributed by atoms with E-state index >= 15 is 0 Å². The number of hydrogen-bond donors (Lipinski definition) is 0. The molecule has 0 aromatic rings. The lowest BCUT2D eigenvalue weighted by atomic mass is 10.1. The molecule has 0 N–H and O–H groups in total. The van der Waals surface area contributed by atoms with E-state index in [1.54, 1.807) is 0 Å². The van der Waals surface area contributed by atoms with Crippen molar-refractivity contribution in [3.63, 3.8) is 0 Å². The van der Waals surface area contributed by atoms with Crippen LogP contribution in [0.25, 0.3) is 0 Å². The number of hydrogen-bond acceptors (Lipinski definition) is 0. The molecule has 0 spiro atoms. The first-order valence-corrected chi connectivity index (χ1v) is 6.85. The van der Waals surface area contributed by atoms with E-state index in [4.69, 9.17) is 0 Å². The van der Waals surface area contributed by atoms with Crippen molar-refractivity contribution < 1.29 is 0 Å². The number of rotatable bonds is 4. The zero-order chi connectivity index (χ0) is 9.94. The second-order valence-corrected chi connectivity index (χ2v) is 9.58. The van der Waals surface area contributed by atoms with Gasteiger partial charge in [0.25, 0.3) is 0 Å². The average molecular weight is 185 g/mol. The zero-order valence-electron chi connectivity index (χ0n) is 9.86. The molecule has 0 aromatic heterocycles. The van der Waals surface area contributed by atoms with Crippen LogP contribution < -0.4 is 0 Å². The second-order valence-electron chi connectivity index (χ2n) is 5.00. The predicted molar refractivity (Wildman–Crippen MR) is 60.3 cm³/mol. The largest absolute Gasteiger partial charge is 0.0653 e. The molecule has 1 radical (unpaired) electrons. The van der Waals surface area contributed by atoms with E-state index in [1.165, 1.54) is 6.42 Å². The van der Waals surface area contributed by atoms with E-state index < -0.39 is 0 Å². The van der Waals surface area contributed by atoms with Gasteiger partial charge in [0, 0.05) is 0 Å². The molecule has 0 aliphatic rings. The van der Waals surface area contributed by atoms with Crippen LogP contribution in [0.5, 0.6) is 0 Å². The van der Waals surface area contributed by atoms with Gasteiger partial charge in [0.05, 0.1) is 8.80 Å². The van der Waals surface area contributed by atoms with E-state index in [1.807, 2.05) is 0 Å². The fraction of sp³-hybridized carbons (Fsp3) is 1.00. The Balaban J connectivity index is 4.50. The average Bonchev–Trinajstić information content (AvgIpc) is 1.84. The van der Waals surface area contributed by atoms with Gasteiger partial charge >= 0.3 is 0 Å². The zero-order valence-corrected chi connectivity index (χ0v) is 10.9. The predicted octanol–water partition coefficient (Wildman–Crippen LogP) is 4.49. The molecule has 0 aromatic carbocycles. The standard InChI is InChI=1S/C11H25Si/c1-8-11(6,7)12(9(2)3)10(4)5/h9-10H,8H2,1-7H3. The highest BCUT2D eigenvalue weighted by molar-refractivity contribution is 6.64. The van der Waals surface area contributed by atoms with Crippen LogP contribution in [0.2, 0.25) is 16.1 Å². The monoisotopic (exact) mass is 185 g/mol. The lowest BCUT2D eigenvalue weighted by molar-refractivity contribution is 0.604. The highest BCUT2D eigenvalue weighted by atomic mass is 28.3. The van der Waals surface area contributed by atoms with Crippen molar-refractivity contribution in [1.29, 1.82) is 0 Å². The third-order valence-corrected chi connectivity index (χ3v) is 7.31. The summed E-state index contributed by atoms with van der Waals surface area (Å²) in [6, 6.07) is 0. The van der Waals surface area contributed by atoms with Crippen LogP contribution in [-0.4, -0.2) is 8.80 Å². The smallest absolute Gasteiger partial charge is 0.0594 e. The van der Waals surface area contributed by atoms with Crippen molar-refractivity contribution in [1.82, 2.24) is 0 Å². The molecule has 1 heteroatoms. The summed E-state index contributed by atoms with van der Waals surface area (Å²) in [6.45, 7) is 16.8. The van der Waals surface area contributed by atoms with Gasteiger partial charge in [-0.3, -0.25) is 0 Å². The topological polar surface area (TPSA) is 0 Å². The van der Waals surface area contributed by atoms with E-state index in [-0.39, 0.29) is 8.80 Å². The minimum absolute atomic E-state index is 0.206. The summed E-state index contributed by atoms with van der Waals surface area (Å²) in [4.78, 5) is 0. The second kappa shape index (κ2) is 4.45. The molecule has 0 bridgehead atoms. The first kappa shape index (κ1) is 12.2. The normalized spacial score (nSPS) is 13.5. The molecular formula is C11H25Si. The highest BCUT2D eigenvalue weighted by Crippen LogP contribution is 2.42. The molecule has 0 unspecified atom stereocenters. The van der Waals surface area contributed by atoms with Gasteiger partial charge in [0.2, 0.25) is 0 Å². The van der Waals surface area contributed by atoms with Crippen LogP contribution in [0.1, 0.15) is 54.9 Å². The quantitative estimate of drug-likeness (QED) is 0.566. The molecule has 0 aliphatic heterocycles. The minimum atomic E-state index is -0.206. The maximum atomic E-state index is 2.45. The molecule has 0 nitrogen and oxygen atoms in total. The Hall–Kier alpha value is 0.217. The van der Waals surface area contributed by atoms with Crippen molar-refractivity contribution >= 4 is 8.80 Å². The fourth-order valence-electron chi connectivity index (χ4n) is 2.43. The van der Waals surface area contributed by atoms with E-state index in [2.05, 4.69) is 48.5 Å². The van der Waals surface area contributed by atoms with E-state index in [9.17, 15) is 0 Å². The molecule has 0 rings (SSSR count). The van der Waals surface area contributed by atoms with Crippen molar-refractivity contribution in [2.45, 2.75) is 71.0 Å². The van der Waals surface area contributed by atoms with E-state index in [0.29, 0.717) is 5.04 Å². The van der Waals surface area contributed by atoms with Gasteiger partial charge in [0.15, 0.2) is 0 Å². The van der Waals surface area contributed by atoms with Gasteiger partial charge in [-0.25, -0.2) is 0 Å². The van der Waals surface area contributed by atoms with Crippen molar-refractivity contribution in [3.05, 3.63) is 0 Å². The van der Waals surface area contributed by atoms with Crippen LogP contribution in [0.4, 0.5) is 0 Å². The summed E-state index contributed by atoms with van der Waals surface area (Å²) < 4.78 is 0. The first-order chi connectivity index (χ1) is 5.33. The SMILES string of the molecule is CCC(C)(C)[Si](C(C)C)C(C)C. The van der Waals surface area contributed by atoms with Gasteiger partial charge < -0.3 is 0 Å². The van der Waals surface area contributed by atoms with Gasteiger partial charge in [0.1, 0.15) is 0 Å². The Bertz CT molecular complexity index is 117. The van der Waals surface area contributed by atoms with Gasteiger partial charge in [-0.05, 0) is 5.04 Å². The molecule has 0 atom stereocenters. The van der Waals surface area contributed by atoms with Crippen LogP contribution in [0.3, 0.4) is 0 Å². The van der Waals surface area contributed by atoms with Gasteiger partial charge in [-0.15, -0.1) is 0 Å². The van der Waals surface area contributed by atoms with Crippen molar-refractivity contribution in [3.8, 4) is 0 Å². The summed E-state index contributed by atoms with van der Waals surface area (Å²) in [7, 11) is -0.206. The molecule has 0 aliphatic carbocycles. The minimum Gasteiger partial charge on any atom is -0.0653 e. The summed E-state index contributed by atoms with van der Waals surface area (Å²) in [5.74, 6) is 0. The Morgan fingerprint density at radius 2 is 1.33 bits per heavy atom.